The van der Waals surface area contributed by atoms with Crippen LogP contribution in [0.3, 0.4) is 0 Å². The van der Waals surface area contributed by atoms with Crippen molar-refractivity contribution in [3.05, 3.63) is 0 Å². The fourth-order valence-electron chi connectivity index (χ4n) is 0.537. The van der Waals surface area contributed by atoms with Crippen LogP contribution in [-0.2, 0) is 4.79 Å². The van der Waals surface area contributed by atoms with Crippen molar-refractivity contribution in [2.24, 2.45) is 0 Å². The first-order valence-electron chi connectivity index (χ1n) is 2.63. The summed E-state index contributed by atoms with van der Waals surface area (Å²) >= 11 is 0. The second kappa shape index (κ2) is 1.73. The van der Waals surface area contributed by atoms with E-state index in [1.807, 2.05) is 0 Å². The summed E-state index contributed by atoms with van der Waals surface area (Å²) in [5.74, 6) is 0. The minimum absolute atomic E-state index is 0.191. The van der Waals surface area contributed by atoms with Crippen LogP contribution in [0.5, 0.6) is 0 Å². The first kappa shape index (κ1) is 5.54. The van der Waals surface area contributed by atoms with Crippen LogP contribution in [0.15, 0.2) is 0 Å². The second-order valence-electron chi connectivity index (χ2n) is 2.15. The molecule has 1 amide bonds. The van der Waals surface area contributed by atoms with Crippen molar-refractivity contribution < 1.29 is 9.18 Å². The van der Waals surface area contributed by atoms with Crippen LogP contribution in [0.4, 0.5) is 4.39 Å². The lowest BCUT2D eigenvalue weighted by Gasteiger charge is -1.99. The van der Waals surface area contributed by atoms with Gasteiger partial charge in [0.25, 0.3) is 0 Å². The van der Waals surface area contributed by atoms with Crippen LogP contribution < -0.4 is 5.32 Å². The summed E-state index contributed by atoms with van der Waals surface area (Å²) < 4.78 is 12.5. The van der Waals surface area contributed by atoms with E-state index in [4.69, 9.17) is 0 Å². The molecule has 1 saturated carbocycles. The molecule has 46 valence electrons. The van der Waals surface area contributed by atoms with Crippen LogP contribution in [0.1, 0.15) is 12.8 Å². The predicted molar refractivity (Wildman–Crippen MR) is 27.1 cm³/mol. The molecule has 1 rings (SSSR count). The summed E-state index contributed by atoms with van der Waals surface area (Å²) in [6, 6.07) is 0. The number of nitrogens with one attached hydrogen (secondary N) is 1. The molecule has 0 bridgehead atoms. The van der Waals surface area contributed by atoms with E-state index in [1.165, 1.54) is 0 Å². The third-order valence-corrected chi connectivity index (χ3v) is 1.29. The van der Waals surface area contributed by atoms with E-state index in [-0.39, 0.29) is 6.54 Å². The van der Waals surface area contributed by atoms with Crippen molar-refractivity contribution in [3.8, 4) is 0 Å². The SMILES string of the molecule is O=CNCC1(F)CC1. The van der Waals surface area contributed by atoms with E-state index in [2.05, 4.69) is 5.32 Å². The minimum Gasteiger partial charge on any atom is -0.355 e. The van der Waals surface area contributed by atoms with Gasteiger partial charge in [-0.05, 0) is 12.8 Å². The molecule has 0 aromatic heterocycles. The molecule has 0 atom stereocenters. The summed E-state index contributed by atoms with van der Waals surface area (Å²) in [4.78, 5) is 9.60. The average Bonchev–Trinajstić information content (AvgIpc) is 2.45. The molecule has 8 heavy (non-hydrogen) atoms. The zero-order valence-electron chi connectivity index (χ0n) is 4.48. The highest BCUT2D eigenvalue weighted by molar-refractivity contribution is 5.46. The Balaban J connectivity index is 2.09. The summed E-state index contributed by atoms with van der Waals surface area (Å²) in [7, 11) is 0. The molecule has 1 aliphatic carbocycles. The van der Waals surface area contributed by atoms with Crippen LogP contribution in [0, 0.1) is 0 Å². The van der Waals surface area contributed by atoms with Gasteiger partial charge >= 0.3 is 0 Å². The Labute approximate surface area is 47.1 Å². The molecule has 0 aromatic carbocycles. The van der Waals surface area contributed by atoms with Gasteiger partial charge in [-0.15, -0.1) is 0 Å². The van der Waals surface area contributed by atoms with Crippen LogP contribution in [0.2, 0.25) is 0 Å². The predicted octanol–water partition coefficient (Wildman–Crippen LogP) is 0.234. The van der Waals surface area contributed by atoms with E-state index in [0.717, 1.165) is 0 Å². The van der Waals surface area contributed by atoms with Gasteiger partial charge in [-0.25, -0.2) is 4.39 Å². The maximum Gasteiger partial charge on any atom is 0.207 e. The van der Waals surface area contributed by atoms with E-state index in [1.54, 1.807) is 0 Å². The molecule has 0 aromatic rings. The van der Waals surface area contributed by atoms with Gasteiger partial charge in [0.15, 0.2) is 0 Å². The number of rotatable bonds is 3. The van der Waals surface area contributed by atoms with Gasteiger partial charge in [0.1, 0.15) is 5.67 Å². The Bertz CT molecular complexity index is 101. The largest absolute Gasteiger partial charge is 0.355 e. The maximum atomic E-state index is 12.5. The van der Waals surface area contributed by atoms with Gasteiger partial charge in [-0.2, -0.15) is 0 Å². The Kier molecular flexibility index (Phi) is 1.19. The molecule has 0 unspecified atom stereocenters. The summed E-state index contributed by atoms with van der Waals surface area (Å²) in [6.07, 6.45) is 1.74. The fourth-order valence-corrected chi connectivity index (χ4v) is 0.537. The normalized spacial score (nSPS) is 22.1. The lowest BCUT2D eigenvalue weighted by atomic mass is 10.4. The van der Waals surface area contributed by atoms with E-state index >= 15 is 0 Å². The third-order valence-electron chi connectivity index (χ3n) is 1.29. The zero-order valence-corrected chi connectivity index (χ0v) is 4.48. The van der Waals surface area contributed by atoms with Gasteiger partial charge in [-0.1, -0.05) is 0 Å². The smallest absolute Gasteiger partial charge is 0.207 e. The van der Waals surface area contributed by atoms with Crippen LogP contribution in [0.25, 0.3) is 0 Å². The Morgan fingerprint density at radius 2 is 2.38 bits per heavy atom. The quantitative estimate of drug-likeness (QED) is 0.527. The highest BCUT2D eigenvalue weighted by atomic mass is 19.1. The third kappa shape index (κ3) is 1.18. The zero-order chi connectivity index (χ0) is 6.04. The van der Waals surface area contributed by atoms with E-state index < -0.39 is 5.67 Å². The summed E-state index contributed by atoms with van der Waals surface area (Å²) in [5, 5.41) is 2.30. The monoisotopic (exact) mass is 117 g/mol. The van der Waals surface area contributed by atoms with Crippen LogP contribution in [-0.4, -0.2) is 18.6 Å². The van der Waals surface area contributed by atoms with Gasteiger partial charge in [0, 0.05) is 0 Å². The first-order chi connectivity index (χ1) is 3.77. The Morgan fingerprint density at radius 1 is 1.75 bits per heavy atom. The van der Waals surface area contributed by atoms with Crippen molar-refractivity contribution in [1.82, 2.24) is 5.32 Å². The molecule has 0 aliphatic heterocycles. The number of hydrogen-bond donors (Lipinski definition) is 1. The molecule has 2 nitrogen and oxygen atoms in total. The molecule has 1 N–H and O–H groups in total. The number of carbonyl (C=O) groups is 1. The Hall–Kier alpha value is -0.600. The molecule has 3 heteroatoms. The maximum absolute atomic E-state index is 12.5. The lowest BCUT2D eigenvalue weighted by molar-refractivity contribution is -0.109. The van der Waals surface area contributed by atoms with E-state index in [0.29, 0.717) is 19.3 Å². The molecular formula is C5H8FNO. The van der Waals surface area contributed by atoms with Crippen molar-refractivity contribution >= 4 is 6.41 Å². The number of halogens is 1. The van der Waals surface area contributed by atoms with Gasteiger partial charge in [0.2, 0.25) is 6.41 Å². The molecule has 1 aliphatic rings. The first-order valence-corrected chi connectivity index (χ1v) is 2.63. The molecular weight excluding hydrogens is 109 g/mol. The standard InChI is InChI=1S/C5H8FNO/c6-5(1-2-5)3-7-4-8/h4H,1-3H2,(H,7,8). The number of hydrogen-bond acceptors (Lipinski definition) is 1. The Morgan fingerprint density at radius 3 is 2.75 bits per heavy atom. The molecule has 0 saturated heterocycles. The van der Waals surface area contributed by atoms with Crippen molar-refractivity contribution in [3.63, 3.8) is 0 Å². The number of carbonyl (C=O) groups excluding carboxylic acids is 1. The second-order valence-corrected chi connectivity index (χ2v) is 2.15. The van der Waals surface area contributed by atoms with Crippen LogP contribution >= 0.6 is 0 Å². The molecule has 0 spiro atoms. The highest BCUT2D eigenvalue weighted by Crippen LogP contribution is 2.38. The highest BCUT2D eigenvalue weighted by Gasteiger charge is 2.42. The van der Waals surface area contributed by atoms with Gasteiger partial charge in [0.05, 0.1) is 6.54 Å². The molecule has 0 radical (unpaired) electrons. The minimum atomic E-state index is -1.04. The molecule has 0 heterocycles. The number of alkyl halides is 1. The average molecular weight is 117 g/mol. The topological polar surface area (TPSA) is 29.1 Å². The fraction of sp³-hybridized carbons (Fsp3) is 0.800. The lowest BCUT2D eigenvalue weighted by Crippen LogP contribution is -2.23. The summed E-state index contributed by atoms with van der Waals surface area (Å²) in [6.45, 7) is 0.191. The van der Waals surface area contributed by atoms with Crippen molar-refractivity contribution in [1.29, 1.82) is 0 Å². The van der Waals surface area contributed by atoms with Crippen molar-refractivity contribution in [2.75, 3.05) is 6.54 Å². The molecule has 1 fully saturated rings. The van der Waals surface area contributed by atoms with E-state index in [9.17, 15) is 9.18 Å². The van der Waals surface area contributed by atoms with Gasteiger partial charge < -0.3 is 5.32 Å². The summed E-state index contributed by atoms with van der Waals surface area (Å²) in [5.41, 5.74) is -1.04. The number of amides is 1. The van der Waals surface area contributed by atoms with Crippen molar-refractivity contribution in [2.45, 2.75) is 18.5 Å². The van der Waals surface area contributed by atoms with Gasteiger partial charge in [-0.3, -0.25) is 4.79 Å².